The number of anilines is 2. The van der Waals surface area contributed by atoms with Crippen LogP contribution in [0, 0.1) is 5.95 Å². The van der Waals surface area contributed by atoms with Gasteiger partial charge >= 0.3 is 0 Å². The second kappa shape index (κ2) is 11.5. The lowest BCUT2D eigenvalue weighted by Gasteiger charge is -2.34. The summed E-state index contributed by atoms with van der Waals surface area (Å²) in [6, 6.07) is 11.5. The molecule has 40 heavy (non-hydrogen) atoms. The Hall–Kier alpha value is -3.60. The van der Waals surface area contributed by atoms with E-state index < -0.39 is 5.95 Å². The van der Waals surface area contributed by atoms with Crippen LogP contribution in [0.1, 0.15) is 34.3 Å². The van der Waals surface area contributed by atoms with Gasteiger partial charge in [-0.05, 0) is 54.7 Å². The largest absolute Gasteiger partial charge is 0.382 e. The third kappa shape index (κ3) is 5.39. The van der Waals surface area contributed by atoms with Gasteiger partial charge in [0.25, 0.3) is 5.91 Å². The number of carbonyl (C=O) groups is 1. The van der Waals surface area contributed by atoms with Crippen molar-refractivity contribution in [1.29, 1.82) is 0 Å². The highest BCUT2D eigenvalue weighted by atomic mass is 19.1. The summed E-state index contributed by atoms with van der Waals surface area (Å²) in [4.78, 5) is 25.7. The predicted molar refractivity (Wildman–Crippen MR) is 152 cm³/mol. The number of benzene rings is 2. The van der Waals surface area contributed by atoms with Crippen LogP contribution in [-0.4, -0.2) is 79.9 Å². The fourth-order valence-corrected chi connectivity index (χ4v) is 5.91. The van der Waals surface area contributed by atoms with Crippen LogP contribution >= 0.6 is 0 Å². The molecule has 0 atom stereocenters. The van der Waals surface area contributed by atoms with E-state index in [1.807, 2.05) is 18.2 Å². The molecule has 210 valence electrons. The summed E-state index contributed by atoms with van der Waals surface area (Å²) in [6.45, 7) is 6.22. The number of amides is 1. The number of hydrogen-bond acceptors (Lipinski definition) is 8. The molecule has 0 aliphatic carbocycles. The lowest BCUT2D eigenvalue weighted by Crippen LogP contribution is -2.39. The number of rotatable bonds is 6. The normalized spacial score (nSPS) is 18.4. The number of morpholine rings is 1. The third-order valence-electron chi connectivity index (χ3n) is 8.15. The molecule has 3 aliphatic heterocycles. The number of carbonyl (C=O) groups excluding carboxylic acids is 1. The standard InChI is InChI=1S/C30H35FN6O3/c1-39-23-7-10-36(11-8-23)18-22-17-20(3-5-25(22)37-12-14-40-15-13-37)26-28(31)35-29(32)27(34-26)21-2-4-24-19(16-21)6-9-33-30(24)38/h2-5,16-17,23H,6-15,18H2,1H3,(H2,32,35)(H,33,38). The Balaban J connectivity index is 1.36. The fraction of sp³-hybridized carbons (Fsp3) is 0.433. The molecule has 2 aromatic carbocycles. The SMILES string of the molecule is COC1CCN(Cc2cc(-c3nc(-c4ccc5c(c4)CCNC5=O)c(N)nc3F)ccc2N2CCOCC2)CC1. The first-order chi connectivity index (χ1) is 19.5. The summed E-state index contributed by atoms with van der Waals surface area (Å²) < 4.78 is 26.5. The lowest BCUT2D eigenvalue weighted by molar-refractivity contribution is 0.0389. The molecule has 10 heteroatoms. The van der Waals surface area contributed by atoms with Gasteiger partial charge in [-0.2, -0.15) is 9.37 Å². The summed E-state index contributed by atoms with van der Waals surface area (Å²) in [5.41, 5.74) is 11.9. The number of nitrogen functional groups attached to an aromatic ring is 1. The van der Waals surface area contributed by atoms with E-state index in [-0.39, 0.29) is 17.4 Å². The van der Waals surface area contributed by atoms with Gasteiger partial charge in [0.15, 0.2) is 5.82 Å². The summed E-state index contributed by atoms with van der Waals surface area (Å²) in [7, 11) is 1.78. The number of nitrogens with zero attached hydrogens (tertiary/aromatic N) is 4. The van der Waals surface area contributed by atoms with E-state index in [9.17, 15) is 4.79 Å². The maximum Gasteiger partial charge on any atom is 0.251 e. The first kappa shape index (κ1) is 26.6. The highest BCUT2D eigenvalue weighted by Gasteiger charge is 2.24. The molecule has 2 saturated heterocycles. The molecular weight excluding hydrogens is 511 g/mol. The van der Waals surface area contributed by atoms with Crippen molar-refractivity contribution < 1.29 is 18.7 Å². The molecular formula is C30H35FN6O3. The van der Waals surface area contributed by atoms with Crippen molar-refractivity contribution in [1.82, 2.24) is 20.2 Å². The maximum absolute atomic E-state index is 15.3. The number of likely N-dealkylation sites (tertiary alicyclic amines) is 1. The van der Waals surface area contributed by atoms with Crippen LogP contribution < -0.4 is 16.0 Å². The minimum atomic E-state index is -0.704. The average Bonchev–Trinajstić information content (AvgIpc) is 2.98. The van der Waals surface area contributed by atoms with Crippen molar-refractivity contribution in [2.75, 3.05) is 63.7 Å². The second-order valence-electron chi connectivity index (χ2n) is 10.6. The highest BCUT2D eigenvalue weighted by Crippen LogP contribution is 2.33. The molecule has 3 aromatic rings. The zero-order valence-corrected chi connectivity index (χ0v) is 22.8. The first-order valence-corrected chi connectivity index (χ1v) is 14.0. The molecule has 1 aromatic heterocycles. The molecule has 3 N–H and O–H groups in total. The molecule has 0 radical (unpaired) electrons. The van der Waals surface area contributed by atoms with Crippen LogP contribution in [0.3, 0.4) is 0 Å². The Kier molecular flexibility index (Phi) is 7.64. The van der Waals surface area contributed by atoms with E-state index in [2.05, 4.69) is 26.2 Å². The molecule has 9 nitrogen and oxygen atoms in total. The van der Waals surface area contributed by atoms with Crippen molar-refractivity contribution in [2.24, 2.45) is 0 Å². The van der Waals surface area contributed by atoms with E-state index >= 15 is 4.39 Å². The van der Waals surface area contributed by atoms with Gasteiger partial charge in [-0.15, -0.1) is 0 Å². The van der Waals surface area contributed by atoms with Crippen LogP contribution in [0.25, 0.3) is 22.5 Å². The molecule has 0 spiro atoms. The zero-order chi connectivity index (χ0) is 27.6. The number of piperidine rings is 1. The Morgan fingerprint density at radius 1 is 1.05 bits per heavy atom. The zero-order valence-electron chi connectivity index (χ0n) is 22.8. The number of ether oxygens (including phenoxy) is 2. The van der Waals surface area contributed by atoms with Crippen LogP contribution in [-0.2, 0) is 22.4 Å². The van der Waals surface area contributed by atoms with Gasteiger partial charge in [0.2, 0.25) is 5.95 Å². The van der Waals surface area contributed by atoms with Gasteiger partial charge in [-0.25, -0.2) is 4.98 Å². The number of nitrogens with two attached hydrogens (primary N) is 1. The number of aromatic nitrogens is 2. The van der Waals surface area contributed by atoms with Crippen LogP contribution in [0.5, 0.6) is 0 Å². The molecule has 0 saturated carbocycles. The van der Waals surface area contributed by atoms with E-state index in [0.29, 0.717) is 54.7 Å². The molecule has 4 heterocycles. The molecule has 0 bridgehead atoms. The Morgan fingerprint density at radius 3 is 2.58 bits per heavy atom. The first-order valence-electron chi connectivity index (χ1n) is 14.0. The summed E-state index contributed by atoms with van der Waals surface area (Å²) in [5.74, 6) is -0.775. The fourth-order valence-electron chi connectivity index (χ4n) is 5.91. The minimum Gasteiger partial charge on any atom is -0.382 e. The summed E-state index contributed by atoms with van der Waals surface area (Å²) in [6.07, 6.45) is 3.00. The van der Waals surface area contributed by atoms with Gasteiger partial charge < -0.3 is 25.4 Å². The number of halogens is 1. The van der Waals surface area contributed by atoms with Gasteiger partial charge in [-0.1, -0.05) is 12.1 Å². The van der Waals surface area contributed by atoms with E-state index in [4.69, 9.17) is 20.2 Å². The maximum atomic E-state index is 15.3. The Labute approximate surface area is 233 Å². The van der Waals surface area contributed by atoms with Crippen LogP contribution in [0.2, 0.25) is 0 Å². The Morgan fingerprint density at radius 2 is 1.80 bits per heavy atom. The van der Waals surface area contributed by atoms with Gasteiger partial charge in [0, 0.05) is 68.8 Å². The number of methoxy groups -OCH3 is 1. The number of fused-ring (bicyclic) bond motifs is 1. The lowest BCUT2D eigenvalue weighted by atomic mass is 9.96. The smallest absolute Gasteiger partial charge is 0.251 e. The summed E-state index contributed by atoms with van der Waals surface area (Å²) in [5, 5.41) is 2.85. The topological polar surface area (TPSA) is 106 Å². The van der Waals surface area contributed by atoms with E-state index in [0.717, 1.165) is 62.4 Å². The van der Waals surface area contributed by atoms with Crippen molar-refractivity contribution in [3.05, 3.63) is 59.0 Å². The predicted octanol–water partition coefficient (Wildman–Crippen LogP) is 3.27. The van der Waals surface area contributed by atoms with E-state index in [1.165, 1.54) is 0 Å². The second-order valence-corrected chi connectivity index (χ2v) is 10.6. The highest BCUT2D eigenvalue weighted by molar-refractivity contribution is 5.97. The monoisotopic (exact) mass is 546 g/mol. The van der Waals surface area contributed by atoms with Crippen LogP contribution in [0.4, 0.5) is 15.9 Å². The molecule has 6 rings (SSSR count). The molecule has 1 amide bonds. The van der Waals surface area contributed by atoms with Gasteiger partial charge in [0.05, 0.1) is 19.3 Å². The Bertz CT molecular complexity index is 1400. The van der Waals surface area contributed by atoms with E-state index in [1.54, 1.807) is 19.2 Å². The van der Waals surface area contributed by atoms with Crippen LogP contribution in [0.15, 0.2) is 36.4 Å². The third-order valence-corrected chi connectivity index (χ3v) is 8.15. The average molecular weight is 547 g/mol. The molecule has 0 unspecified atom stereocenters. The van der Waals surface area contributed by atoms with Crippen molar-refractivity contribution in [3.8, 4) is 22.5 Å². The number of nitrogens with one attached hydrogen (secondary N) is 1. The van der Waals surface area contributed by atoms with Gasteiger partial charge in [-0.3, -0.25) is 9.69 Å². The molecule has 2 fully saturated rings. The number of hydrogen-bond donors (Lipinski definition) is 2. The van der Waals surface area contributed by atoms with Crippen molar-refractivity contribution in [2.45, 2.75) is 31.9 Å². The molecule has 3 aliphatic rings. The van der Waals surface area contributed by atoms with Crippen molar-refractivity contribution in [3.63, 3.8) is 0 Å². The van der Waals surface area contributed by atoms with Gasteiger partial charge in [0.1, 0.15) is 11.4 Å². The minimum absolute atomic E-state index is 0.0210. The van der Waals surface area contributed by atoms with Crippen molar-refractivity contribution >= 4 is 17.4 Å². The quantitative estimate of drug-likeness (QED) is 0.486. The summed E-state index contributed by atoms with van der Waals surface area (Å²) >= 11 is 0.